The molecular weight excluding hydrogens is 412 g/mol. The molecule has 0 spiro atoms. The number of benzene rings is 3. The molecular formula is C25H23ClN2O3. The second kappa shape index (κ2) is 9.69. The Bertz CT molecular complexity index is 1170. The van der Waals surface area contributed by atoms with E-state index in [0.29, 0.717) is 24.6 Å². The molecule has 5 nitrogen and oxygen atoms in total. The Balaban J connectivity index is 1.34. The Morgan fingerprint density at radius 1 is 1.03 bits per heavy atom. The Labute approximate surface area is 185 Å². The fraction of sp³-hybridized carbons (Fsp3) is 0.160. The molecule has 0 bridgehead atoms. The molecule has 0 fully saturated rings. The number of fused-ring (bicyclic) bond motifs is 1. The van der Waals surface area contributed by atoms with Crippen molar-refractivity contribution in [3.05, 3.63) is 101 Å². The highest BCUT2D eigenvalue weighted by molar-refractivity contribution is 6.30. The molecule has 3 aromatic carbocycles. The van der Waals surface area contributed by atoms with Crippen molar-refractivity contribution in [2.24, 2.45) is 0 Å². The van der Waals surface area contributed by atoms with E-state index in [2.05, 4.69) is 10.3 Å². The van der Waals surface area contributed by atoms with Crippen molar-refractivity contribution in [3.8, 4) is 5.75 Å². The standard InChI is InChI=1S/C25H23ClN2O3/c26-20-5-3-4-18(12-20)16-31-21-10-8-17(9-11-21)14-27-24(25(29)30)13-19-15-28-23-7-2-1-6-22(19)23/h1-12,15,24,27-28H,13-14,16H2,(H,29,30). The van der Waals surface area contributed by atoms with Crippen LogP contribution in [-0.4, -0.2) is 22.1 Å². The van der Waals surface area contributed by atoms with Crippen molar-refractivity contribution in [2.75, 3.05) is 0 Å². The Morgan fingerprint density at radius 2 is 1.84 bits per heavy atom. The summed E-state index contributed by atoms with van der Waals surface area (Å²) in [5, 5.41) is 14.6. The quantitative estimate of drug-likeness (QED) is 0.339. The monoisotopic (exact) mass is 434 g/mol. The summed E-state index contributed by atoms with van der Waals surface area (Å²) >= 11 is 6.00. The molecule has 1 heterocycles. The summed E-state index contributed by atoms with van der Waals surface area (Å²) in [4.78, 5) is 15.0. The first-order chi connectivity index (χ1) is 15.1. The molecule has 1 atom stereocenters. The topological polar surface area (TPSA) is 74.3 Å². The van der Waals surface area contributed by atoms with E-state index in [0.717, 1.165) is 33.3 Å². The van der Waals surface area contributed by atoms with Gasteiger partial charge in [0, 0.05) is 35.1 Å². The number of carboxylic acids is 1. The lowest BCUT2D eigenvalue weighted by Gasteiger charge is -2.14. The van der Waals surface area contributed by atoms with Crippen LogP contribution in [0.25, 0.3) is 10.9 Å². The minimum Gasteiger partial charge on any atom is -0.489 e. The van der Waals surface area contributed by atoms with Crippen LogP contribution in [0.3, 0.4) is 0 Å². The van der Waals surface area contributed by atoms with E-state index in [9.17, 15) is 9.90 Å². The van der Waals surface area contributed by atoms with Gasteiger partial charge < -0.3 is 20.1 Å². The van der Waals surface area contributed by atoms with Crippen LogP contribution in [0.15, 0.2) is 79.0 Å². The molecule has 158 valence electrons. The molecule has 0 aliphatic rings. The van der Waals surface area contributed by atoms with Gasteiger partial charge >= 0.3 is 5.97 Å². The van der Waals surface area contributed by atoms with Gasteiger partial charge in [0.1, 0.15) is 18.4 Å². The SMILES string of the molecule is O=C(O)C(Cc1c[nH]c2ccccc12)NCc1ccc(OCc2cccc(Cl)c2)cc1. The third-order valence-electron chi connectivity index (χ3n) is 5.17. The molecule has 0 radical (unpaired) electrons. The van der Waals surface area contributed by atoms with Crippen molar-refractivity contribution in [3.63, 3.8) is 0 Å². The lowest BCUT2D eigenvalue weighted by Crippen LogP contribution is -2.38. The highest BCUT2D eigenvalue weighted by Crippen LogP contribution is 2.20. The van der Waals surface area contributed by atoms with E-state index in [1.165, 1.54) is 0 Å². The fourth-order valence-electron chi connectivity index (χ4n) is 3.51. The van der Waals surface area contributed by atoms with Gasteiger partial charge in [-0.1, -0.05) is 54.1 Å². The van der Waals surface area contributed by atoms with E-state index in [1.54, 1.807) is 0 Å². The van der Waals surface area contributed by atoms with Gasteiger partial charge in [0.2, 0.25) is 0 Å². The van der Waals surface area contributed by atoms with E-state index in [1.807, 2.05) is 79.0 Å². The molecule has 0 amide bonds. The third kappa shape index (κ3) is 5.45. The Hall–Kier alpha value is -3.28. The zero-order valence-corrected chi connectivity index (χ0v) is 17.6. The average molecular weight is 435 g/mol. The summed E-state index contributed by atoms with van der Waals surface area (Å²) in [7, 11) is 0. The van der Waals surface area contributed by atoms with Crippen molar-refractivity contribution in [1.82, 2.24) is 10.3 Å². The number of nitrogens with one attached hydrogen (secondary N) is 2. The zero-order chi connectivity index (χ0) is 21.6. The van der Waals surface area contributed by atoms with Crippen LogP contribution < -0.4 is 10.1 Å². The number of H-pyrrole nitrogens is 1. The third-order valence-corrected chi connectivity index (χ3v) is 5.40. The van der Waals surface area contributed by atoms with E-state index in [-0.39, 0.29) is 0 Å². The predicted molar refractivity (Wildman–Crippen MR) is 122 cm³/mol. The van der Waals surface area contributed by atoms with Crippen molar-refractivity contribution in [2.45, 2.75) is 25.6 Å². The predicted octanol–water partition coefficient (Wildman–Crippen LogP) is 5.19. The maximum atomic E-state index is 11.8. The first kappa shape index (κ1) is 21.0. The van der Waals surface area contributed by atoms with Crippen molar-refractivity contribution in [1.29, 1.82) is 0 Å². The van der Waals surface area contributed by atoms with Gasteiger partial charge in [-0.3, -0.25) is 4.79 Å². The molecule has 0 saturated carbocycles. The van der Waals surface area contributed by atoms with Gasteiger partial charge in [-0.05, 0) is 47.0 Å². The number of rotatable bonds is 9. The van der Waals surface area contributed by atoms with Gasteiger partial charge in [0.15, 0.2) is 0 Å². The fourth-order valence-corrected chi connectivity index (χ4v) is 3.72. The minimum absolute atomic E-state index is 0.403. The van der Waals surface area contributed by atoms with Crippen LogP contribution in [0.5, 0.6) is 5.75 Å². The highest BCUT2D eigenvalue weighted by Gasteiger charge is 2.19. The van der Waals surface area contributed by atoms with Gasteiger partial charge in [-0.25, -0.2) is 0 Å². The van der Waals surface area contributed by atoms with Gasteiger partial charge in [-0.15, -0.1) is 0 Å². The lowest BCUT2D eigenvalue weighted by atomic mass is 10.0. The smallest absolute Gasteiger partial charge is 0.321 e. The minimum atomic E-state index is -0.869. The van der Waals surface area contributed by atoms with Gasteiger partial charge in [-0.2, -0.15) is 0 Å². The second-order valence-electron chi connectivity index (χ2n) is 7.40. The van der Waals surface area contributed by atoms with Crippen LogP contribution in [0.2, 0.25) is 5.02 Å². The van der Waals surface area contributed by atoms with Crippen LogP contribution in [0.1, 0.15) is 16.7 Å². The highest BCUT2D eigenvalue weighted by atomic mass is 35.5. The van der Waals surface area contributed by atoms with E-state index < -0.39 is 12.0 Å². The van der Waals surface area contributed by atoms with Crippen molar-refractivity contribution < 1.29 is 14.6 Å². The first-order valence-electron chi connectivity index (χ1n) is 10.1. The number of aromatic amines is 1. The molecule has 0 aliphatic heterocycles. The molecule has 3 N–H and O–H groups in total. The molecule has 1 unspecified atom stereocenters. The van der Waals surface area contributed by atoms with Crippen molar-refractivity contribution >= 4 is 28.5 Å². The number of carbonyl (C=O) groups is 1. The number of para-hydroxylation sites is 1. The maximum Gasteiger partial charge on any atom is 0.321 e. The summed E-state index contributed by atoms with van der Waals surface area (Å²) in [6.45, 7) is 0.887. The summed E-state index contributed by atoms with van der Waals surface area (Å²) < 4.78 is 5.80. The largest absolute Gasteiger partial charge is 0.489 e. The van der Waals surface area contributed by atoms with Crippen LogP contribution in [0.4, 0.5) is 0 Å². The number of ether oxygens (including phenoxy) is 1. The number of aromatic nitrogens is 1. The van der Waals surface area contributed by atoms with E-state index in [4.69, 9.17) is 16.3 Å². The Kier molecular flexibility index (Phi) is 6.55. The second-order valence-corrected chi connectivity index (χ2v) is 7.83. The summed E-state index contributed by atoms with van der Waals surface area (Å²) in [6, 6.07) is 22.4. The average Bonchev–Trinajstić information content (AvgIpc) is 3.19. The van der Waals surface area contributed by atoms with Gasteiger partial charge in [0.05, 0.1) is 0 Å². The summed E-state index contributed by atoms with van der Waals surface area (Å²) in [6.07, 6.45) is 2.29. The number of halogens is 1. The summed E-state index contributed by atoms with van der Waals surface area (Å²) in [5.41, 5.74) is 3.98. The molecule has 0 aliphatic carbocycles. The van der Waals surface area contributed by atoms with Crippen LogP contribution >= 0.6 is 11.6 Å². The van der Waals surface area contributed by atoms with Crippen LogP contribution in [-0.2, 0) is 24.4 Å². The normalized spacial score (nSPS) is 12.0. The first-order valence-corrected chi connectivity index (χ1v) is 10.4. The van der Waals surface area contributed by atoms with Gasteiger partial charge in [0.25, 0.3) is 0 Å². The molecule has 0 saturated heterocycles. The Morgan fingerprint density at radius 3 is 2.61 bits per heavy atom. The number of aliphatic carboxylic acids is 1. The number of hydrogen-bond acceptors (Lipinski definition) is 3. The lowest BCUT2D eigenvalue weighted by molar-refractivity contribution is -0.139. The molecule has 6 heteroatoms. The van der Waals surface area contributed by atoms with Crippen LogP contribution in [0, 0.1) is 0 Å². The number of hydrogen-bond donors (Lipinski definition) is 3. The molecule has 4 rings (SSSR count). The molecule has 31 heavy (non-hydrogen) atoms. The summed E-state index contributed by atoms with van der Waals surface area (Å²) in [5.74, 6) is -0.121. The molecule has 1 aromatic heterocycles. The maximum absolute atomic E-state index is 11.8. The zero-order valence-electron chi connectivity index (χ0n) is 16.8. The number of carboxylic acid groups (broad SMARTS) is 1. The molecule has 4 aromatic rings. The van der Waals surface area contributed by atoms with E-state index >= 15 is 0 Å².